The van der Waals surface area contributed by atoms with Crippen LogP contribution in [-0.4, -0.2) is 4.57 Å². The Morgan fingerprint density at radius 2 is 0.772 bits per heavy atom. The van der Waals surface area contributed by atoms with Crippen molar-refractivity contribution < 1.29 is 4.42 Å². The molecule has 2 heterocycles. The van der Waals surface area contributed by atoms with Crippen molar-refractivity contribution in [1.82, 2.24) is 4.57 Å². The first-order valence-corrected chi connectivity index (χ1v) is 19.4. The molecule has 0 aliphatic heterocycles. The summed E-state index contributed by atoms with van der Waals surface area (Å²) < 4.78 is 8.64. The number of rotatable bonds is 7. The van der Waals surface area contributed by atoms with Gasteiger partial charge in [-0.15, -0.1) is 0 Å². The summed E-state index contributed by atoms with van der Waals surface area (Å²) in [5, 5.41) is 4.79. The van der Waals surface area contributed by atoms with Crippen molar-refractivity contribution in [1.29, 1.82) is 0 Å². The highest BCUT2D eigenvalue weighted by atomic mass is 16.3. The number of anilines is 3. The standard InChI is InChI=1S/C54H36N2O/c1-2-12-37(13-3-1)38-22-29-42(30-23-38)55(43-31-24-39(25-32-43)41-28-35-49-48-17-7-11-21-53(48)57-54(49)36-41)44-33-26-40(27-34-44)45-14-4-8-18-50(45)56-51-19-9-5-15-46(51)47-16-6-10-20-52(47)56/h1-36H. The maximum Gasteiger partial charge on any atom is 0.136 e. The van der Waals surface area contributed by atoms with Gasteiger partial charge in [0.05, 0.1) is 16.7 Å². The van der Waals surface area contributed by atoms with E-state index in [1.165, 1.54) is 38.5 Å². The van der Waals surface area contributed by atoms with E-state index in [1.807, 2.05) is 12.1 Å². The van der Waals surface area contributed by atoms with E-state index in [9.17, 15) is 0 Å². The lowest BCUT2D eigenvalue weighted by atomic mass is 10.0. The van der Waals surface area contributed by atoms with Crippen LogP contribution in [0, 0.1) is 0 Å². The highest BCUT2D eigenvalue weighted by Crippen LogP contribution is 2.40. The molecule has 0 unspecified atom stereocenters. The molecule has 0 saturated heterocycles. The quantitative estimate of drug-likeness (QED) is 0.163. The van der Waals surface area contributed by atoms with E-state index >= 15 is 0 Å². The van der Waals surface area contributed by atoms with E-state index in [1.54, 1.807) is 0 Å². The van der Waals surface area contributed by atoms with E-state index in [4.69, 9.17) is 4.42 Å². The predicted octanol–water partition coefficient (Wildman–Crippen LogP) is 15.2. The summed E-state index contributed by atoms with van der Waals surface area (Å²) in [6.07, 6.45) is 0. The number of aromatic nitrogens is 1. The minimum Gasteiger partial charge on any atom is -0.456 e. The van der Waals surface area contributed by atoms with E-state index in [0.717, 1.165) is 61.4 Å². The van der Waals surface area contributed by atoms with Crippen molar-refractivity contribution in [3.63, 3.8) is 0 Å². The van der Waals surface area contributed by atoms with Crippen LogP contribution in [0.3, 0.4) is 0 Å². The fourth-order valence-corrected chi connectivity index (χ4v) is 8.47. The van der Waals surface area contributed by atoms with Gasteiger partial charge < -0.3 is 13.9 Å². The van der Waals surface area contributed by atoms with Gasteiger partial charge in [0.25, 0.3) is 0 Å². The van der Waals surface area contributed by atoms with Crippen LogP contribution in [0.15, 0.2) is 223 Å². The second-order valence-electron chi connectivity index (χ2n) is 14.5. The molecule has 0 radical (unpaired) electrons. The summed E-state index contributed by atoms with van der Waals surface area (Å²) in [5.74, 6) is 0. The maximum absolute atomic E-state index is 6.23. The molecule has 0 saturated carbocycles. The Morgan fingerprint density at radius 3 is 1.42 bits per heavy atom. The van der Waals surface area contributed by atoms with Gasteiger partial charge in [0.2, 0.25) is 0 Å². The van der Waals surface area contributed by atoms with Crippen LogP contribution in [0.2, 0.25) is 0 Å². The zero-order valence-corrected chi connectivity index (χ0v) is 31.1. The van der Waals surface area contributed by atoms with Gasteiger partial charge in [0.1, 0.15) is 11.2 Å². The fourth-order valence-electron chi connectivity index (χ4n) is 8.47. The van der Waals surface area contributed by atoms with Gasteiger partial charge in [-0.1, -0.05) is 146 Å². The first-order valence-electron chi connectivity index (χ1n) is 19.4. The molecule has 57 heavy (non-hydrogen) atoms. The molecule has 0 spiro atoms. The van der Waals surface area contributed by atoms with Gasteiger partial charge in [-0.3, -0.25) is 0 Å². The lowest BCUT2D eigenvalue weighted by Gasteiger charge is -2.26. The molecule has 0 atom stereocenters. The minimum atomic E-state index is 0.901. The van der Waals surface area contributed by atoms with Crippen LogP contribution in [-0.2, 0) is 0 Å². The molecule has 0 amide bonds. The number of hydrogen-bond donors (Lipinski definition) is 0. The summed E-state index contributed by atoms with van der Waals surface area (Å²) in [5.41, 5.74) is 15.6. The monoisotopic (exact) mass is 728 g/mol. The molecular formula is C54H36N2O. The Hall–Kier alpha value is -7.62. The van der Waals surface area contributed by atoms with Crippen molar-refractivity contribution in [3.8, 4) is 39.1 Å². The summed E-state index contributed by atoms with van der Waals surface area (Å²) in [7, 11) is 0. The number of para-hydroxylation sites is 4. The zero-order chi connectivity index (χ0) is 37.7. The number of hydrogen-bond acceptors (Lipinski definition) is 2. The average molecular weight is 729 g/mol. The Labute approximate surface area is 330 Å². The van der Waals surface area contributed by atoms with Crippen molar-refractivity contribution >= 4 is 60.8 Å². The second-order valence-corrected chi connectivity index (χ2v) is 14.5. The summed E-state index contributed by atoms with van der Waals surface area (Å²) >= 11 is 0. The molecule has 11 rings (SSSR count). The van der Waals surface area contributed by atoms with Gasteiger partial charge >= 0.3 is 0 Å². The third kappa shape index (κ3) is 5.68. The third-order valence-corrected chi connectivity index (χ3v) is 11.2. The highest BCUT2D eigenvalue weighted by molar-refractivity contribution is 6.10. The van der Waals surface area contributed by atoms with Gasteiger partial charge in [0.15, 0.2) is 0 Å². The Balaban J connectivity index is 0.986. The van der Waals surface area contributed by atoms with Gasteiger partial charge in [-0.05, 0) is 101 Å². The maximum atomic E-state index is 6.23. The lowest BCUT2D eigenvalue weighted by molar-refractivity contribution is 0.669. The molecular weight excluding hydrogens is 693 g/mol. The van der Waals surface area contributed by atoms with Crippen LogP contribution in [0.5, 0.6) is 0 Å². The predicted molar refractivity (Wildman–Crippen MR) is 239 cm³/mol. The summed E-state index contributed by atoms with van der Waals surface area (Å²) in [6.45, 7) is 0. The topological polar surface area (TPSA) is 21.3 Å². The first kappa shape index (κ1) is 32.8. The molecule has 3 heteroatoms. The molecule has 0 N–H and O–H groups in total. The Kier molecular flexibility index (Phi) is 7.82. The second kappa shape index (κ2) is 13.6. The molecule has 0 bridgehead atoms. The fraction of sp³-hybridized carbons (Fsp3) is 0. The molecule has 11 aromatic rings. The number of benzene rings is 9. The van der Waals surface area contributed by atoms with Crippen molar-refractivity contribution in [2.45, 2.75) is 0 Å². The van der Waals surface area contributed by atoms with E-state index in [-0.39, 0.29) is 0 Å². The molecule has 2 aromatic heterocycles. The van der Waals surface area contributed by atoms with Crippen molar-refractivity contribution in [2.24, 2.45) is 0 Å². The first-order chi connectivity index (χ1) is 28.3. The Bertz CT molecular complexity index is 3160. The molecule has 0 aliphatic carbocycles. The van der Waals surface area contributed by atoms with Crippen LogP contribution in [0.25, 0.3) is 82.8 Å². The van der Waals surface area contributed by atoms with Crippen molar-refractivity contribution in [2.75, 3.05) is 4.90 Å². The van der Waals surface area contributed by atoms with Crippen LogP contribution < -0.4 is 4.90 Å². The number of fused-ring (bicyclic) bond motifs is 6. The highest BCUT2D eigenvalue weighted by Gasteiger charge is 2.17. The normalized spacial score (nSPS) is 11.5. The zero-order valence-electron chi connectivity index (χ0n) is 31.1. The van der Waals surface area contributed by atoms with Crippen LogP contribution in [0.4, 0.5) is 17.1 Å². The van der Waals surface area contributed by atoms with Gasteiger partial charge in [0, 0.05) is 44.2 Å². The molecule has 9 aromatic carbocycles. The smallest absolute Gasteiger partial charge is 0.136 e. The van der Waals surface area contributed by atoms with Crippen molar-refractivity contribution in [3.05, 3.63) is 218 Å². The summed E-state index contributed by atoms with van der Waals surface area (Å²) in [6, 6.07) is 78.1. The van der Waals surface area contributed by atoms with Gasteiger partial charge in [-0.25, -0.2) is 0 Å². The molecule has 3 nitrogen and oxygen atoms in total. The van der Waals surface area contributed by atoms with Gasteiger partial charge in [-0.2, -0.15) is 0 Å². The molecule has 268 valence electrons. The van der Waals surface area contributed by atoms with E-state index < -0.39 is 0 Å². The van der Waals surface area contributed by atoms with Crippen LogP contribution >= 0.6 is 0 Å². The van der Waals surface area contributed by atoms with E-state index in [2.05, 4.69) is 216 Å². The number of nitrogens with zero attached hydrogens (tertiary/aromatic N) is 2. The molecule has 0 fully saturated rings. The van der Waals surface area contributed by atoms with Crippen LogP contribution in [0.1, 0.15) is 0 Å². The third-order valence-electron chi connectivity index (χ3n) is 11.2. The molecule has 0 aliphatic rings. The Morgan fingerprint density at radius 1 is 0.316 bits per heavy atom. The van der Waals surface area contributed by atoms with E-state index in [0.29, 0.717) is 0 Å². The lowest BCUT2D eigenvalue weighted by Crippen LogP contribution is -2.09. The average Bonchev–Trinajstić information content (AvgIpc) is 3.83. The summed E-state index contributed by atoms with van der Waals surface area (Å²) in [4.78, 5) is 2.34. The minimum absolute atomic E-state index is 0.901. The number of furan rings is 1. The largest absolute Gasteiger partial charge is 0.456 e. The SMILES string of the molecule is c1ccc(-c2ccc(N(c3ccc(-c4ccc5c(c4)oc4ccccc45)cc3)c3ccc(-c4ccccc4-n4c5ccccc5c5ccccc54)cc3)cc2)cc1.